The minimum Gasteiger partial charge on any atom is -0.507 e. The highest BCUT2D eigenvalue weighted by Crippen LogP contribution is 2.45. The smallest absolute Gasteiger partial charge is 0.302 e. The number of nitrogens with zero attached hydrogens (tertiary/aromatic N) is 1. The first-order valence-electron chi connectivity index (χ1n) is 8.14. The molecule has 1 aromatic rings. The van der Waals surface area contributed by atoms with E-state index in [2.05, 4.69) is 4.90 Å². The molecule has 0 aromatic heterocycles. The number of carbonyl (C=O) groups is 2. The van der Waals surface area contributed by atoms with Crippen molar-refractivity contribution in [2.24, 2.45) is 0 Å². The van der Waals surface area contributed by atoms with Gasteiger partial charge in [-0.25, -0.2) is 0 Å². The second kappa shape index (κ2) is 7.74. The van der Waals surface area contributed by atoms with E-state index in [1.807, 2.05) is 7.05 Å². The Kier molecular flexibility index (Phi) is 5.89. The molecule has 1 aliphatic rings. The molecule has 1 aliphatic heterocycles. The number of ketones is 1. The van der Waals surface area contributed by atoms with Crippen molar-refractivity contribution in [1.82, 2.24) is 4.90 Å². The highest BCUT2D eigenvalue weighted by atomic mass is 16.5. The SMILES string of the molecule is COc1cc(OC)c([C@@H]2CN(C)CC[C@H]2OC(C)=O)c(O)c1C(C)=O. The van der Waals surface area contributed by atoms with Gasteiger partial charge in [0.25, 0.3) is 0 Å². The lowest BCUT2D eigenvalue weighted by molar-refractivity contribution is -0.149. The van der Waals surface area contributed by atoms with Crippen LogP contribution in [0.25, 0.3) is 0 Å². The number of likely N-dealkylation sites (N-methyl/N-ethyl adjacent to an activating group) is 1. The van der Waals surface area contributed by atoms with Crippen molar-refractivity contribution >= 4 is 11.8 Å². The van der Waals surface area contributed by atoms with Crippen LogP contribution in [-0.4, -0.2) is 62.2 Å². The predicted molar refractivity (Wildman–Crippen MR) is 91.6 cm³/mol. The second-order valence-corrected chi connectivity index (χ2v) is 6.28. The number of piperidine rings is 1. The highest BCUT2D eigenvalue weighted by Gasteiger charge is 2.37. The number of likely N-dealkylation sites (tertiary alicyclic amines) is 1. The van der Waals surface area contributed by atoms with Crippen LogP contribution in [0.5, 0.6) is 17.2 Å². The fourth-order valence-corrected chi connectivity index (χ4v) is 3.39. The van der Waals surface area contributed by atoms with Gasteiger partial charge in [-0.1, -0.05) is 0 Å². The first kappa shape index (κ1) is 19.1. The maximum absolute atomic E-state index is 12.0. The van der Waals surface area contributed by atoms with Gasteiger partial charge in [0, 0.05) is 37.6 Å². The van der Waals surface area contributed by atoms with Gasteiger partial charge in [-0.3, -0.25) is 9.59 Å². The third-order valence-electron chi connectivity index (χ3n) is 4.50. The molecule has 1 fully saturated rings. The molecule has 0 amide bonds. The zero-order chi connectivity index (χ0) is 18.7. The molecule has 1 N–H and O–H groups in total. The number of phenols is 1. The number of methoxy groups -OCH3 is 2. The van der Waals surface area contributed by atoms with Crippen molar-refractivity contribution in [3.8, 4) is 17.2 Å². The molecule has 7 heteroatoms. The summed E-state index contributed by atoms with van der Waals surface area (Å²) in [5, 5.41) is 10.8. The summed E-state index contributed by atoms with van der Waals surface area (Å²) < 4.78 is 16.1. The Morgan fingerprint density at radius 3 is 2.36 bits per heavy atom. The lowest BCUT2D eigenvalue weighted by Crippen LogP contribution is -2.41. The van der Waals surface area contributed by atoms with Crippen LogP contribution in [0.3, 0.4) is 0 Å². The molecule has 1 aromatic carbocycles. The van der Waals surface area contributed by atoms with E-state index in [1.165, 1.54) is 28.1 Å². The van der Waals surface area contributed by atoms with Gasteiger partial charge in [0.2, 0.25) is 0 Å². The largest absolute Gasteiger partial charge is 0.507 e. The van der Waals surface area contributed by atoms with E-state index >= 15 is 0 Å². The molecular weight excluding hydrogens is 326 g/mol. The fourth-order valence-electron chi connectivity index (χ4n) is 3.39. The van der Waals surface area contributed by atoms with Gasteiger partial charge >= 0.3 is 5.97 Å². The average Bonchev–Trinajstić information content (AvgIpc) is 2.54. The zero-order valence-electron chi connectivity index (χ0n) is 15.3. The molecule has 0 radical (unpaired) electrons. The second-order valence-electron chi connectivity index (χ2n) is 6.28. The minimum absolute atomic E-state index is 0.105. The van der Waals surface area contributed by atoms with E-state index < -0.39 is 6.10 Å². The van der Waals surface area contributed by atoms with Crippen molar-refractivity contribution in [1.29, 1.82) is 0 Å². The summed E-state index contributed by atoms with van der Waals surface area (Å²) >= 11 is 0. The van der Waals surface area contributed by atoms with E-state index in [0.717, 1.165) is 6.54 Å². The molecule has 25 heavy (non-hydrogen) atoms. The van der Waals surface area contributed by atoms with Gasteiger partial charge in [-0.05, 0) is 20.4 Å². The molecule has 2 atom stereocenters. The number of carbonyl (C=O) groups excluding carboxylic acids is 2. The Bertz CT molecular complexity index is 672. The number of ether oxygens (including phenoxy) is 3. The normalized spacial score (nSPS) is 20.8. The summed E-state index contributed by atoms with van der Waals surface area (Å²) in [6, 6.07) is 1.59. The number of Topliss-reactive ketones (excluding diaryl/α,β-unsaturated/α-hetero) is 1. The fraction of sp³-hybridized carbons (Fsp3) is 0.556. The molecule has 0 spiro atoms. The summed E-state index contributed by atoms with van der Waals surface area (Å²) in [4.78, 5) is 25.6. The van der Waals surface area contributed by atoms with Gasteiger partial charge in [-0.15, -0.1) is 0 Å². The van der Waals surface area contributed by atoms with Crippen LogP contribution in [0, 0.1) is 0 Å². The van der Waals surface area contributed by atoms with Crippen LogP contribution in [-0.2, 0) is 9.53 Å². The number of hydrogen-bond acceptors (Lipinski definition) is 7. The van der Waals surface area contributed by atoms with E-state index in [0.29, 0.717) is 24.3 Å². The van der Waals surface area contributed by atoms with Gasteiger partial charge in [0.05, 0.1) is 14.2 Å². The van der Waals surface area contributed by atoms with E-state index in [-0.39, 0.29) is 34.7 Å². The number of rotatable bonds is 5. The summed E-state index contributed by atoms with van der Waals surface area (Å²) in [5.74, 6) is -0.539. The molecule has 2 rings (SSSR count). The molecule has 0 unspecified atom stereocenters. The Balaban J connectivity index is 2.62. The molecule has 0 bridgehead atoms. The Morgan fingerprint density at radius 2 is 1.84 bits per heavy atom. The number of aromatic hydroxyl groups is 1. The van der Waals surface area contributed by atoms with E-state index in [9.17, 15) is 14.7 Å². The molecule has 1 heterocycles. The lowest BCUT2D eigenvalue weighted by Gasteiger charge is -2.37. The molecule has 7 nitrogen and oxygen atoms in total. The number of esters is 1. The quantitative estimate of drug-likeness (QED) is 0.641. The maximum atomic E-state index is 12.0. The van der Waals surface area contributed by atoms with Crippen molar-refractivity contribution in [3.05, 3.63) is 17.2 Å². The molecule has 0 saturated carbocycles. The van der Waals surface area contributed by atoms with Crippen LogP contribution in [0.15, 0.2) is 6.07 Å². The molecular formula is C18H25NO6. The van der Waals surface area contributed by atoms with Crippen LogP contribution >= 0.6 is 0 Å². The maximum Gasteiger partial charge on any atom is 0.302 e. The van der Waals surface area contributed by atoms with Gasteiger partial charge in [-0.2, -0.15) is 0 Å². The van der Waals surface area contributed by atoms with E-state index in [1.54, 1.807) is 6.07 Å². The van der Waals surface area contributed by atoms with Crippen LogP contribution in [0.2, 0.25) is 0 Å². The summed E-state index contributed by atoms with van der Waals surface area (Å²) in [6.07, 6.45) is 0.229. The summed E-state index contributed by atoms with van der Waals surface area (Å²) in [7, 11) is 4.87. The molecule has 138 valence electrons. The Hall–Kier alpha value is -2.28. The van der Waals surface area contributed by atoms with Crippen molar-refractivity contribution in [2.45, 2.75) is 32.3 Å². The van der Waals surface area contributed by atoms with Crippen molar-refractivity contribution in [3.63, 3.8) is 0 Å². The summed E-state index contributed by atoms with van der Waals surface area (Å²) in [5.41, 5.74) is 0.569. The topological polar surface area (TPSA) is 85.3 Å². The van der Waals surface area contributed by atoms with Crippen molar-refractivity contribution < 1.29 is 28.9 Å². The predicted octanol–water partition coefficient (Wildman–Crippen LogP) is 1.96. The molecule has 0 aliphatic carbocycles. The van der Waals surface area contributed by atoms with Crippen LogP contribution < -0.4 is 9.47 Å². The number of benzene rings is 1. The Morgan fingerprint density at radius 1 is 1.20 bits per heavy atom. The molecule has 1 saturated heterocycles. The van der Waals surface area contributed by atoms with Crippen molar-refractivity contribution in [2.75, 3.05) is 34.4 Å². The third kappa shape index (κ3) is 3.87. The first-order chi connectivity index (χ1) is 11.8. The van der Waals surface area contributed by atoms with Gasteiger partial charge in [0.15, 0.2) is 5.78 Å². The standard InChI is InChI=1S/C18H25NO6/c1-10(20)16-14(23-4)8-15(24-5)17(18(16)22)12-9-19(3)7-6-13(12)25-11(2)21/h8,12-13,22H,6-7,9H2,1-5H3/t12-,13-/m1/s1. The monoisotopic (exact) mass is 351 g/mol. The highest BCUT2D eigenvalue weighted by molar-refractivity contribution is 6.00. The van der Waals surface area contributed by atoms with E-state index in [4.69, 9.17) is 14.2 Å². The van der Waals surface area contributed by atoms with Crippen LogP contribution in [0.4, 0.5) is 0 Å². The lowest BCUT2D eigenvalue weighted by atomic mass is 9.85. The zero-order valence-corrected chi connectivity index (χ0v) is 15.3. The van der Waals surface area contributed by atoms with Gasteiger partial charge < -0.3 is 24.2 Å². The number of phenolic OH excluding ortho intramolecular Hbond substituents is 1. The van der Waals surface area contributed by atoms with Gasteiger partial charge in [0.1, 0.15) is 28.9 Å². The van der Waals surface area contributed by atoms with Crippen LogP contribution in [0.1, 0.15) is 42.1 Å². The average molecular weight is 351 g/mol. The Labute approximate surface area is 147 Å². The first-order valence-corrected chi connectivity index (χ1v) is 8.14. The third-order valence-corrected chi connectivity index (χ3v) is 4.50. The minimum atomic E-state index is -0.401. The summed E-state index contributed by atoms with van der Waals surface area (Å²) in [6.45, 7) is 4.06. The number of hydrogen-bond donors (Lipinski definition) is 1.